The fourth-order valence-corrected chi connectivity index (χ4v) is 4.46. The van der Waals surface area contributed by atoms with Gasteiger partial charge in [-0.2, -0.15) is 0 Å². The molecule has 0 fully saturated rings. The molecular weight excluding hydrogens is 384 g/mol. The Bertz CT molecular complexity index is 1210. The summed E-state index contributed by atoms with van der Waals surface area (Å²) in [7, 11) is 1.73. The number of methoxy groups -OCH3 is 1. The molecule has 2 aromatic carbocycles. The minimum Gasteiger partial charge on any atom is -0.497 e. The number of hydrogen-bond donors (Lipinski definition) is 0. The number of hydrogen-bond acceptors (Lipinski definition) is 4. The molecule has 1 aliphatic rings. The van der Waals surface area contributed by atoms with Gasteiger partial charge < -0.3 is 9.30 Å². The first-order valence-corrected chi connectivity index (χ1v) is 10.9. The van der Waals surface area contributed by atoms with Crippen LogP contribution in [0.15, 0.2) is 60.9 Å². The third-order valence-corrected chi connectivity index (χ3v) is 6.12. The van der Waals surface area contributed by atoms with Crippen LogP contribution >= 0.6 is 0 Å². The molecule has 0 N–H and O–H groups in total. The van der Waals surface area contributed by atoms with E-state index in [0.29, 0.717) is 6.04 Å². The van der Waals surface area contributed by atoms with Gasteiger partial charge in [-0.25, -0.2) is 9.97 Å². The summed E-state index contributed by atoms with van der Waals surface area (Å²) in [5.74, 6) is 1.72. The molecule has 5 rings (SSSR count). The molecule has 31 heavy (non-hydrogen) atoms. The molecule has 5 nitrogen and oxygen atoms in total. The number of nitrogens with zero attached hydrogens (tertiary/aromatic N) is 4. The van der Waals surface area contributed by atoms with Crippen LogP contribution < -0.4 is 4.74 Å². The van der Waals surface area contributed by atoms with Crippen LogP contribution in [-0.4, -0.2) is 33.1 Å². The van der Waals surface area contributed by atoms with Crippen molar-refractivity contribution in [2.24, 2.45) is 0 Å². The van der Waals surface area contributed by atoms with Crippen LogP contribution in [0.1, 0.15) is 36.7 Å². The van der Waals surface area contributed by atoms with Crippen LogP contribution in [0.3, 0.4) is 0 Å². The number of fused-ring (bicyclic) bond motifs is 2. The highest BCUT2D eigenvalue weighted by Crippen LogP contribution is 2.30. The van der Waals surface area contributed by atoms with E-state index >= 15 is 0 Å². The minimum absolute atomic E-state index is 0.413. The highest BCUT2D eigenvalue weighted by atomic mass is 16.5. The molecule has 0 radical (unpaired) electrons. The van der Waals surface area contributed by atoms with Crippen LogP contribution in [0.5, 0.6) is 5.75 Å². The van der Waals surface area contributed by atoms with Crippen LogP contribution in [0.4, 0.5) is 0 Å². The van der Waals surface area contributed by atoms with E-state index in [1.807, 2.05) is 30.5 Å². The Labute approximate surface area is 183 Å². The van der Waals surface area contributed by atoms with Crippen LogP contribution in [0.25, 0.3) is 22.3 Å². The van der Waals surface area contributed by atoms with Gasteiger partial charge in [0.25, 0.3) is 0 Å². The van der Waals surface area contributed by atoms with Crippen LogP contribution in [-0.2, 0) is 19.5 Å². The van der Waals surface area contributed by atoms with Gasteiger partial charge >= 0.3 is 0 Å². The van der Waals surface area contributed by atoms with Crippen molar-refractivity contribution in [3.63, 3.8) is 0 Å². The largest absolute Gasteiger partial charge is 0.497 e. The van der Waals surface area contributed by atoms with Crippen molar-refractivity contribution in [1.82, 2.24) is 19.4 Å². The summed E-state index contributed by atoms with van der Waals surface area (Å²) >= 11 is 0. The zero-order valence-electron chi connectivity index (χ0n) is 18.4. The first kappa shape index (κ1) is 19.8. The fourth-order valence-electron chi connectivity index (χ4n) is 4.46. The molecule has 0 spiro atoms. The summed E-state index contributed by atoms with van der Waals surface area (Å²) in [6, 6.07) is 17.0. The van der Waals surface area contributed by atoms with Gasteiger partial charge in [0.2, 0.25) is 0 Å². The van der Waals surface area contributed by atoms with Crippen molar-refractivity contribution in [1.29, 1.82) is 0 Å². The third-order valence-electron chi connectivity index (χ3n) is 6.12. The van der Waals surface area contributed by atoms with E-state index in [4.69, 9.17) is 9.72 Å². The third kappa shape index (κ3) is 3.81. The average Bonchev–Trinajstić information content (AvgIpc) is 3.17. The van der Waals surface area contributed by atoms with E-state index < -0.39 is 0 Å². The molecule has 0 aliphatic carbocycles. The normalized spacial score (nSPS) is 14.2. The molecule has 0 saturated heterocycles. The predicted octanol–water partition coefficient (Wildman–Crippen LogP) is 5.25. The summed E-state index contributed by atoms with van der Waals surface area (Å²) < 4.78 is 7.85. The van der Waals surface area contributed by atoms with Gasteiger partial charge in [0.15, 0.2) is 5.82 Å². The average molecular weight is 413 g/mol. The standard InChI is InChI=1S/C26H28N4O/c1-18(2)30-17-21(23-13-22(31-3)9-10-25(23)30)16-29-12-11-24-20(15-29)14-27-26(28-24)19-7-5-4-6-8-19/h4-10,13-14,17-18H,11-12,15-16H2,1-3H3. The number of rotatable bonds is 5. The van der Waals surface area contributed by atoms with Crippen molar-refractivity contribution in [2.45, 2.75) is 39.4 Å². The lowest BCUT2D eigenvalue weighted by Crippen LogP contribution is -2.30. The first-order valence-electron chi connectivity index (χ1n) is 10.9. The van der Waals surface area contributed by atoms with E-state index in [9.17, 15) is 0 Å². The Morgan fingerprint density at radius 2 is 1.94 bits per heavy atom. The van der Waals surface area contributed by atoms with Crippen molar-refractivity contribution in [3.8, 4) is 17.1 Å². The Kier molecular flexibility index (Phi) is 5.20. The molecule has 0 saturated carbocycles. The van der Waals surface area contributed by atoms with Crippen LogP contribution in [0, 0.1) is 0 Å². The molecule has 2 aromatic heterocycles. The van der Waals surface area contributed by atoms with Gasteiger partial charge in [-0.05, 0) is 37.6 Å². The Balaban J connectivity index is 1.41. The highest BCUT2D eigenvalue weighted by Gasteiger charge is 2.21. The molecular formula is C26H28N4O. The summed E-state index contributed by atoms with van der Waals surface area (Å²) in [6.45, 7) is 7.24. The second-order valence-electron chi connectivity index (χ2n) is 8.53. The van der Waals surface area contributed by atoms with E-state index in [0.717, 1.165) is 43.2 Å². The Hall–Kier alpha value is -3.18. The van der Waals surface area contributed by atoms with Gasteiger partial charge in [-0.1, -0.05) is 30.3 Å². The SMILES string of the molecule is COc1ccc2c(c1)c(CN1CCc3nc(-c4ccccc4)ncc3C1)cn2C(C)C. The molecule has 158 valence electrons. The molecule has 0 unspecified atom stereocenters. The fraction of sp³-hybridized carbons (Fsp3) is 0.308. The lowest BCUT2D eigenvalue weighted by Gasteiger charge is -2.28. The van der Waals surface area contributed by atoms with Crippen LogP contribution in [0.2, 0.25) is 0 Å². The topological polar surface area (TPSA) is 43.2 Å². The number of aromatic nitrogens is 3. The number of benzene rings is 2. The van der Waals surface area contributed by atoms with Crippen molar-refractivity contribution in [3.05, 3.63) is 77.7 Å². The summed E-state index contributed by atoms with van der Waals surface area (Å²) in [5, 5.41) is 1.27. The van der Waals surface area contributed by atoms with Crippen molar-refractivity contribution in [2.75, 3.05) is 13.7 Å². The highest BCUT2D eigenvalue weighted by molar-refractivity contribution is 5.85. The van der Waals surface area contributed by atoms with Gasteiger partial charge in [0.1, 0.15) is 5.75 Å². The lowest BCUT2D eigenvalue weighted by molar-refractivity contribution is 0.243. The lowest BCUT2D eigenvalue weighted by atomic mass is 10.1. The number of ether oxygens (including phenoxy) is 1. The quantitative estimate of drug-likeness (QED) is 0.449. The monoisotopic (exact) mass is 412 g/mol. The Morgan fingerprint density at radius 1 is 1.10 bits per heavy atom. The second kappa shape index (κ2) is 8.16. The molecule has 4 aromatic rings. The second-order valence-corrected chi connectivity index (χ2v) is 8.53. The predicted molar refractivity (Wildman–Crippen MR) is 124 cm³/mol. The van der Waals surface area contributed by atoms with E-state index in [1.54, 1.807) is 7.11 Å². The van der Waals surface area contributed by atoms with Crippen molar-refractivity contribution >= 4 is 10.9 Å². The maximum Gasteiger partial charge on any atom is 0.159 e. The van der Waals surface area contributed by atoms with Gasteiger partial charge in [-0.3, -0.25) is 4.90 Å². The summed E-state index contributed by atoms with van der Waals surface area (Å²) in [5.41, 5.74) is 6.09. The molecule has 3 heterocycles. The molecule has 0 amide bonds. The minimum atomic E-state index is 0.413. The van der Waals surface area contributed by atoms with E-state index in [-0.39, 0.29) is 0 Å². The first-order chi connectivity index (χ1) is 15.1. The smallest absolute Gasteiger partial charge is 0.159 e. The molecule has 5 heteroatoms. The maximum absolute atomic E-state index is 5.49. The van der Waals surface area contributed by atoms with E-state index in [1.165, 1.54) is 27.7 Å². The molecule has 1 aliphatic heterocycles. The van der Waals surface area contributed by atoms with Gasteiger partial charge in [-0.15, -0.1) is 0 Å². The van der Waals surface area contributed by atoms with E-state index in [2.05, 4.69) is 58.8 Å². The maximum atomic E-state index is 5.49. The van der Waals surface area contributed by atoms with Crippen molar-refractivity contribution < 1.29 is 4.74 Å². The molecule has 0 bridgehead atoms. The molecule has 0 atom stereocenters. The summed E-state index contributed by atoms with van der Waals surface area (Å²) in [6.07, 6.45) is 5.26. The van der Waals surface area contributed by atoms with Gasteiger partial charge in [0, 0.05) is 66.5 Å². The van der Waals surface area contributed by atoms with Gasteiger partial charge in [0.05, 0.1) is 12.8 Å². The Morgan fingerprint density at radius 3 is 2.71 bits per heavy atom. The summed E-state index contributed by atoms with van der Waals surface area (Å²) in [4.78, 5) is 12.0. The zero-order chi connectivity index (χ0) is 21.4. The zero-order valence-corrected chi connectivity index (χ0v) is 18.4.